The third-order valence-electron chi connectivity index (χ3n) is 4.96. The van der Waals surface area contributed by atoms with Gasteiger partial charge in [0.1, 0.15) is 18.1 Å². The molecule has 1 amide bonds. The van der Waals surface area contributed by atoms with E-state index in [2.05, 4.69) is 40.5 Å². The molecule has 2 aromatic carbocycles. The second-order valence-corrected chi connectivity index (χ2v) is 7.07. The SMILES string of the molecule is Cc1cc(CNC(=O)c2cc(-c3ccccc3C)cc3c2OCCN3C)no1. The van der Waals surface area contributed by atoms with Crippen LogP contribution in [0.2, 0.25) is 0 Å². The monoisotopic (exact) mass is 377 g/mol. The molecule has 0 saturated carbocycles. The van der Waals surface area contributed by atoms with Crippen LogP contribution in [-0.2, 0) is 6.54 Å². The average molecular weight is 377 g/mol. The highest BCUT2D eigenvalue weighted by atomic mass is 16.5. The minimum atomic E-state index is -0.192. The molecule has 0 unspecified atom stereocenters. The van der Waals surface area contributed by atoms with E-state index in [1.807, 2.05) is 38.2 Å². The van der Waals surface area contributed by atoms with E-state index in [-0.39, 0.29) is 5.91 Å². The van der Waals surface area contributed by atoms with Crippen LogP contribution in [0.25, 0.3) is 11.1 Å². The Bertz CT molecular complexity index is 1030. The maximum absolute atomic E-state index is 13.0. The number of rotatable bonds is 4. The highest BCUT2D eigenvalue weighted by Crippen LogP contribution is 2.39. The molecular weight excluding hydrogens is 354 g/mol. The van der Waals surface area contributed by atoms with Crippen molar-refractivity contribution in [2.75, 3.05) is 25.1 Å². The summed E-state index contributed by atoms with van der Waals surface area (Å²) in [6, 6.07) is 14.0. The Kier molecular flexibility index (Phi) is 4.77. The van der Waals surface area contributed by atoms with Crippen LogP contribution in [0.1, 0.15) is 27.4 Å². The lowest BCUT2D eigenvalue weighted by Crippen LogP contribution is -2.31. The van der Waals surface area contributed by atoms with Crippen molar-refractivity contribution in [1.82, 2.24) is 10.5 Å². The second kappa shape index (κ2) is 7.38. The van der Waals surface area contributed by atoms with Crippen LogP contribution in [0.3, 0.4) is 0 Å². The second-order valence-electron chi connectivity index (χ2n) is 7.07. The smallest absolute Gasteiger partial charge is 0.255 e. The molecule has 6 heteroatoms. The number of anilines is 1. The third kappa shape index (κ3) is 3.45. The number of aromatic nitrogens is 1. The topological polar surface area (TPSA) is 67.6 Å². The molecule has 3 aromatic rings. The van der Waals surface area contributed by atoms with Crippen molar-refractivity contribution >= 4 is 11.6 Å². The zero-order chi connectivity index (χ0) is 19.7. The number of benzene rings is 2. The lowest BCUT2D eigenvalue weighted by Gasteiger charge is -2.30. The number of fused-ring (bicyclic) bond motifs is 1. The fourth-order valence-electron chi connectivity index (χ4n) is 3.44. The number of hydrogen-bond acceptors (Lipinski definition) is 5. The Morgan fingerprint density at radius 3 is 2.79 bits per heavy atom. The summed E-state index contributed by atoms with van der Waals surface area (Å²) < 4.78 is 11.0. The maximum atomic E-state index is 13.0. The predicted octanol–water partition coefficient (Wildman–Crippen LogP) is 3.72. The molecule has 6 nitrogen and oxygen atoms in total. The highest BCUT2D eigenvalue weighted by molar-refractivity contribution is 6.01. The van der Waals surface area contributed by atoms with E-state index in [0.717, 1.165) is 28.9 Å². The number of carbonyl (C=O) groups is 1. The number of nitrogens with one attached hydrogen (secondary N) is 1. The van der Waals surface area contributed by atoms with Gasteiger partial charge in [-0.15, -0.1) is 0 Å². The number of amides is 1. The molecule has 144 valence electrons. The fraction of sp³-hybridized carbons (Fsp3) is 0.273. The summed E-state index contributed by atoms with van der Waals surface area (Å²) in [6.45, 7) is 5.53. The molecule has 1 N–H and O–H groups in total. The van der Waals surface area contributed by atoms with Crippen LogP contribution in [0, 0.1) is 13.8 Å². The number of likely N-dealkylation sites (N-methyl/N-ethyl adjacent to an activating group) is 1. The van der Waals surface area contributed by atoms with Crippen molar-refractivity contribution in [2.24, 2.45) is 0 Å². The molecule has 0 radical (unpaired) electrons. The minimum absolute atomic E-state index is 0.192. The van der Waals surface area contributed by atoms with Crippen molar-refractivity contribution in [2.45, 2.75) is 20.4 Å². The first-order chi connectivity index (χ1) is 13.5. The third-order valence-corrected chi connectivity index (χ3v) is 4.96. The van der Waals surface area contributed by atoms with E-state index in [1.165, 1.54) is 0 Å². The summed E-state index contributed by atoms with van der Waals surface area (Å²) in [4.78, 5) is 15.1. The van der Waals surface area contributed by atoms with E-state index in [4.69, 9.17) is 9.26 Å². The predicted molar refractivity (Wildman–Crippen MR) is 108 cm³/mol. The number of nitrogens with zero attached hydrogens (tertiary/aromatic N) is 2. The Hall–Kier alpha value is -3.28. The van der Waals surface area contributed by atoms with Crippen LogP contribution < -0.4 is 15.0 Å². The molecular formula is C22H23N3O3. The van der Waals surface area contributed by atoms with Crippen molar-refractivity contribution < 1.29 is 14.1 Å². The Balaban J connectivity index is 1.72. The van der Waals surface area contributed by atoms with E-state index in [1.54, 1.807) is 0 Å². The number of aryl methyl sites for hydroxylation is 2. The van der Waals surface area contributed by atoms with Gasteiger partial charge in [-0.05, 0) is 42.7 Å². The molecule has 0 fully saturated rings. The maximum Gasteiger partial charge on any atom is 0.255 e. The van der Waals surface area contributed by atoms with Crippen LogP contribution in [0.5, 0.6) is 5.75 Å². The van der Waals surface area contributed by atoms with E-state index in [0.29, 0.717) is 35.9 Å². The van der Waals surface area contributed by atoms with Gasteiger partial charge in [0, 0.05) is 13.1 Å². The zero-order valence-electron chi connectivity index (χ0n) is 16.3. The Morgan fingerprint density at radius 2 is 2.04 bits per heavy atom. The zero-order valence-corrected chi connectivity index (χ0v) is 16.3. The minimum Gasteiger partial charge on any atom is -0.489 e. The van der Waals surface area contributed by atoms with Gasteiger partial charge in [0.15, 0.2) is 5.75 Å². The van der Waals surface area contributed by atoms with Gasteiger partial charge in [-0.25, -0.2) is 0 Å². The summed E-state index contributed by atoms with van der Waals surface area (Å²) in [5, 5.41) is 6.86. The standard InChI is InChI=1S/C22H23N3O3/c1-14-6-4-5-7-18(14)16-11-19(21-20(12-16)25(3)8-9-27-21)22(26)23-13-17-10-15(2)28-24-17/h4-7,10-12H,8-9,13H2,1-3H3,(H,23,26). The highest BCUT2D eigenvalue weighted by Gasteiger charge is 2.24. The van der Waals surface area contributed by atoms with Gasteiger partial charge in [-0.3, -0.25) is 4.79 Å². The van der Waals surface area contributed by atoms with E-state index >= 15 is 0 Å². The molecule has 0 saturated heterocycles. The Morgan fingerprint density at radius 1 is 1.21 bits per heavy atom. The average Bonchev–Trinajstić information content (AvgIpc) is 3.11. The van der Waals surface area contributed by atoms with Crippen molar-refractivity contribution in [3.63, 3.8) is 0 Å². The summed E-state index contributed by atoms with van der Waals surface area (Å²) in [5.41, 5.74) is 5.40. The van der Waals surface area contributed by atoms with Crippen LogP contribution in [0.4, 0.5) is 5.69 Å². The molecule has 0 spiro atoms. The number of carbonyl (C=O) groups excluding carboxylic acids is 1. The van der Waals surface area contributed by atoms with Crippen molar-refractivity contribution in [3.05, 3.63) is 65.0 Å². The summed E-state index contributed by atoms with van der Waals surface area (Å²) in [7, 11) is 2.02. The quantitative estimate of drug-likeness (QED) is 0.751. The van der Waals surface area contributed by atoms with Crippen molar-refractivity contribution in [3.8, 4) is 16.9 Å². The lowest BCUT2D eigenvalue weighted by molar-refractivity contribution is 0.0946. The normalized spacial score (nSPS) is 13.0. The van der Waals surface area contributed by atoms with Crippen LogP contribution in [0.15, 0.2) is 47.0 Å². The van der Waals surface area contributed by atoms with E-state index in [9.17, 15) is 4.79 Å². The number of hydrogen-bond donors (Lipinski definition) is 1. The first-order valence-electron chi connectivity index (χ1n) is 9.31. The van der Waals surface area contributed by atoms with Gasteiger partial charge in [0.25, 0.3) is 5.91 Å². The first-order valence-corrected chi connectivity index (χ1v) is 9.31. The van der Waals surface area contributed by atoms with Gasteiger partial charge in [0.2, 0.25) is 0 Å². The van der Waals surface area contributed by atoms with Gasteiger partial charge < -0.3 is 19.5 Å². The molecule has 2 heterocycles. The number of ether oxygens (including phenoxy) is 1. The molecule has 0 atom stereocenters. The molecule has 1 aromatic heterocycles. The lowest BCUT2D eigenvalue weighted by atomic mass is 9.96. The van der Waals surface area contributed by atoms with Crippen LogP contribution in [-0.4, -0.2) is 31.3 Å². The summed E-state index contributed by atoms with van der Waals surface area (Å²) in [5.74, 6) is 1.15. The Labute approximate surface area is 164 Å². The molecule has 0 aliphatic carbocycles. The van der Waals surface area contributed by atoms with Gasteiger partial charge >= 0.3 is 0 Å². The molecule has 28 heavy (non-hydrogen) atoms. The molecule has 4 rings (SSSR count). The van der Waals surface area contributed by atoms with Gasteiger partial charge in [-0.2, -0.15) is 0 Å². The fourth-order valence-corrected chi connectivity index (χ4v) is 3.44. The van der Waals surface area contributed by atoms with E-state index < -0.39 is 0 Å². The van der Waals surface area contributed by atoms with Crippen LogP contribution >= 0.6 is 0 Å². The molecule has 1 aliphatic rings. The van der Waals surface area contributed by atoms with Crippen molar-refractivity contribution in [1.29, 1.82) is 0 Å². The van der Waals surface area contributed by atoms with Gasteiger partial charge in [0.05, 0.1) is 24.3 Å². The molecule has 1 aliphatic heterocycles. The molecule has 0 bridgehead atoms. The first kappa shape index (κ1) is 18.1. The summed E-state index contributed by atoms with van der Waals surface area (Å²) in [6.07, 6.45) is 0. The van der Waals surface area contributed by atoms with Gasteiger partial charge in [-0.1, -0.05) is 29.4 Å². The summed E-state index contributed by atoms with van der Waals surface area (Å²) >= 11 is 0. The largest absolute Gasteiger partial charge is 0.489 e.